The Morgan fingerprint density at radius 2 is 1.85 bits per heavy atom. The third kappa shape index (κ3) is 7.42. The van der Waals surface area contributed by atoms with Crippen molar-refractivity contribution in [1.29, 1.82) is 0 Å². The summed E-state index contributed by atoms with van der Waals surface area (Å²) in [6, 6.07) is 0. The maximum atomic E-state index is 10.5. The molecule has 0 bridgehead atoms. The summed E-state index contributed by atoms with van der Waals surface area (Å²) in [6.07, 6.45) is -0.175. The Balaban J connectivity index is 3.47. The van der Waals surface area contributed by atoms with Crippen LogP contribution in [0.25, 0.3) is 0 Å². The van der Waals surface area contributed by atoms with E-state index in [4.69, 9.17) is 9.99 Å². The van der Waals surface area contributed by atoms with Crippen LogP contribution in [0, 0.1) is 0 Å². The van der Waals surface area contributed by atoms with Gasteiger partial charge in [0.1, 0.15) is 0 Å². The van der Waals surface area contributed by atoms with Crippen molar-refractivity contribution in [1.82, 2.24) is 0 Å². The third-order valence-electron chi connectivity index (χ3n) is 0.960. The summed E-state index contributed by atoms with van der Waals surface area (Å²) in [5.74, 6) is -2.32. The van der Waals surface area contributed by atoms with Gasteiger partial charge in [-0.05, 0) is 20.8 Å². The van der Waals surface area contributed by atoms with Crippen LogP contribution < -0.4 is 0 Å². The Hall–Kier alpha value is -0.940. The van der Waals surface area contributed by atoms with Crippen molar-refractivity contribution in [2.24, 2.45) is 0 Å². The van der Waals surface area contributed by atoms with Crippen LogP contribution in [0.5, 0.6) is 0 Å². The molecule has 0 radical (unpaired) electrons. The Morgan fingerprint density at radius 1 is 1.31 bits per heavy atom. The molecule has 0 saturated heterocycles. The molecule has 0 aliphatic carbocycles. The molecular weight excluding hydrogens is 176 g/mol. The number of hydrogen-bond acceptors (Lipinski definition) is 4. The first-order chi connectivity index (χ1) is 5.83. The highest BCUT2D eigenvalue weighted by Crippen LogP contribution is 2.06. The fourth-order valence-corrected chi connectivity index (χ4v) is 0.460. The fraction of sp³-hybridized carbons (Fsp3) is 0.750. The first-order valence-electron chi connectivity index (χ1n) is 3.89. The van der Waals surface area contributed by atoms with E-state index < -0.39 is 17.4 Å². The van der Waals surface area contributed by atoms with E-state index in [-0.39, 0.29) is 13.0 Å². The molecule has 0 rings (SSSR count). The van der Waals surface area contributed by atoms with Crippen LogP contribution in [0.3, 0.4) is 0 Å². The Morgan fingerprint density at radius 3 is 2.23 bits per heavy atom. The summed E-state index contributed by atoms with van der Waals surface area (Å²) in [6.45, 7) is 5.31. The molecule has 0 aromatic rings. The quantitative estimate of drug-likeness (QED) is 0.300. The maximum absolute atomic E-state index is 10.5. The Bertz CT molecular complexity index is 191. The molecule has 0 unspecified atom stereocenters. The van der Waals surface area contributed by atoms with Crippen LogP contribution in [0.15, 0.2) is 0 Å². The van der Waals surface area contributed by atoms with Crippen LogP contribution in [0.1, 0.15) is 27.2 Å². The van der Waals surface area contributed by atoms with Gasteiger partial charge < -0.3 is 5.11 Å². The van der Waals surface area contributed by atoms with Crippen molar-refractivity contribution in [3.63, 3.8) is 0 Å². The molecule has 0 aliphatic rings. The second-order valence-electron chi connectivity index (χ2n) is 3.50. The van der Waals surface area contributed by atoms with Gasteiger partial charge in [-0.25, -0.2) is 14.6 Å². The summed E-state index contributed by atoms with van der Waals surface area (Å²) >= 11 is 0. The molecule has 0 fully saturated rings. The smallest absolute Gasteiger partial charge is 0.372 e. The lowest BCUT2D eigenvalue weighted by Gasteiger charge is -2.16. The lowest BCUT2D eigenvalue weighted by atomic mass is 10.2. The van der Waals surface area contributed by atoms with Crippen molar-refractivity contribution < 1.29 is 24.5 Å². The maximum Gasteiger partial charge on any atom is 0.372 e. The van der Waals surface area contributed by atoms with Crippen molar-refractivity contribution in [2.45, 2.75) is 32.8 Å². The van der Waals surface area contributed by atoms with E-state index in [1.807, 2.05) is 0 Å². The zero-order valence-corrected chi connectivity index (χ0v) is 7.99. The van der Waals surface area contributed by atoms with Crippen molar-refractivity contribution >= 4 is 11.8 Å². The second kappa shape index (κ2) is 4.94. The number of aliphatic carboxylic acids is 1. The highest BCUT2D eigenvalue weighted by atomic mass is 17.2. The van der Waals surface area contributed by atoms with Gasteiger partial charge in [0.05, 0.1) is 12.2 Å². The summed E-state index contributed by atoms with van der Waals surface area (Å²) in [5.41, 5.74) is -0.452. The van der Waals surface area contributed by atoms with E-state index in [1.165, 1.54) is 0 Å². The molecule has 0 aliphatic heterocycles. The zero-order chi connectivity index (χ0) is 10.5. The van der Waals surface area contributed by atoms with Gasteiger partial charge in [-0.3, -0.25) is 4.79 Å². The molecule has 76 valence electrons. The van der Waals surface area contributed by atoms with Gasteiger partial charge in [0.15, 0.2) is 0 Å². The molecule has 0 spiro atoms. The lowest BCUT2D eigenvalue weighted by molar-refractivity contribution is -0.347. The Kier molecular flexibility index (Phi) is 4.58. The van der Waals surface area contributed by atoms with Crippen LogP contribution >= 0.6 is 0 Å². The van der Waals surface area contributed by atoms with E-state index >= 15 is 0 Å². The van der Waals surface area contributed by atoms with Crippen LogP contribution in [-0.2, 0) is 19.4 Å². The first kappa shape index (κ1) is 12.1. The minimum Gasteiger partial charge on any atom is -0.475 e. The average molecular weight is 190 g/mol. The molecule has 0 saturated carbocycles. The molecule has 5 nitrogen and oxygen atoms in total. The molecule has 5 heteroatoms. The summed E-state index contributed by atoms with van der Waals surface area (Å²) in [4.78, 5) is 30.0. The van der Waals surface area contributed by atoms with Crippen molar-refractivity contribution in [3.8, 4) is 0 Å². The molecule has 0 atom stereocenters. The molecule has 0 amide bonds. The zero-order valence-electron chi connectivity index (χ0n) is 7.99. The number of hydrogen-bond donors (Lipinski definition) is 1. The number of ketones is 1. The van der Waals surface area contributed by atoms with E-state index in [1.54, 1.807) is 20.8 Å². The fourth-order valence-electron chi connectivity index (χ4n) is 0.460. The minimum atomic E-state index is -1.45. The number of carbonyl (C=O) groups excluding carboxylic acids is 1. The molecule has 0 aromatic carbocycles. The third-order valence-corrected chi connectivity index (χ3v) is 0.960. The van der Waals surface area contributed by atoms with E-state index in [9.17, 15) is 9.59 Å². The summed E-state index contributed by atoms with van der Waals surface area (Å²) < 4.78 is 0. The minimum absolute atomic E-state index is 0.0393. The topological polar surface area (TPSA) is 72.8 Å². The van der Waals surface area contributed by atoms with Crippen LogP contribution in [0.2, 0.25) is 0 Å². The van der Waals surface area contributed by atoms with Crippen molar-refractivity contribution in [2.75, 3.05) is 6.61 Å². The van der Waals surface area contributed by atoms with Crippen LogP contribution in [0.4, 0.5) is 0 Å². The monoisotopic (exact) mass is 190 g/mol. The van der Waals surface area contributed by atoms with Gasteiger partial charge in [0.25, 0.3) is 0 Å². The standard InChI is InChI=1S/C8H14O5/c1-8(2,3)13-12-5-4-6(9)7(10)11/h4-5H2,1-3H3,(H,10,11). The summed E-state index contributed by atoms with van der Waals surface area (Å²) in [5, 5.41) is 8.20. The number of Topliss-reactive ketones (excluding diaryl/α,β-unsaturated/α-hetero) is 1. The number of rotatable bonds is 5. The van der Waals surface area contributed by atoms with Gasteiger partial charge in [-0.1, -0.05) is 0 Å². The average Bonchev–Trinajstić information content (AvgIpc) is 1.95. The first-order valence-corrected chi connectivity index (χ1v) is 3.89. The van der Waals surface area contributed by atoms with Crippen molar-refractivity contribution in [3.05, 3.63) is 0 Å². The molecule has 0 heterocycles. The molecule has 13 heavy (non-hydrogen) atoms. The predicted molar refractivity (Wildman–Crippen MR) is 44.0 cm³/mol. The largest absolute Gasteiger partial charge is 0.475 e. The van der Waals surface area contributed by atoms with Gasteiger partial charge >= 0.3 is 5.97 Å². The number of carbonyl (C=O) groups is 2. The van der Waals surface area contributed by atoms with E-state index in [0.717, 1.165) is 0 Å². The summed E-state index contributed by atoms with van der Waals surface area (Å²) in [7, 11) is 0. The number of carboxylic acids is 1. The molecular formula is C8H14O5. The van der Waals surface area contributed by atoms with Gasteiger partial charge in [-0.2, -0.15) is 0 Å². The lowest BCUT2D eigenvalue weighted by Crippen LogP contribution is -2.21. The van der Waals surface area contributed by atoms with Gasteiger partial charge in [-0.15, -0.1) is 0 Å². The van der Waals surface area contributed by atoms with Crippen LogP contribution in [-0.4, -0.2) is 29.1 Å². The molecule has 1 N–H and O–H groups in total. The van der Waals surface area contributed by atoms with Gasteiger partial charge in [0.2, 0.25) is 5.78 Å². The second-order valence-corrected chi connectivity index (χ2v) is 3.50. The highest BCUT2D eigenvalue weighted by Gasteiger charge is 2.14. The van der Waals surface area contributed by atoms with Gasteiger partial charge in [0, 0.05) is 6.42 Å². The Labute approximate surface area is 76.6 Å². The SMILES string of the molecule is CC(C)(C)OOCCC(=O)C(=O)O. The predicted octanol–water partition coefficient (Wildman–Crippen LogP) is 0.777. The van der Waals surface area contributed by atoms with E-state index in [0.29, 0.717) is 0 Å². The highest BCUT2D eigenvalue weighted by molar-refractivity contribution is 6.32. The van der Waals surface area contributed by atoms with E-state index in [2.05, 4.69) is 4.89 Å². The number of carboxylic acid groups (broad SMARTS) is 1. The normalized spacial score (nSPS) is 11.3. The molecule has 0 aromatic heterocycles.